The lowest BCUT2D eigenvalue weighted by atomic mass is 10.1. The molecule has 0 radical (unpaired) electrons. The fourth-order valence-corrected chi connectivity index (χ4v) is 2.25. The number of nitrogens with zero attached hydrogens (tertiary/aromatic N) is 2. The second-order valence-electron chi connectivity index (χ2n) is 4.45. The van der Waals surface area contributed by atoms with Crippen LogP contribution in [0.5, 0.6) is 0 Å². The number of rotatable bonds is 2. The highest BCUT2D eigenvalue weighted by Gasteiger charge is 2.12. The molecule has 1 atom stereocenters. The van der Waals surface area contributed by atoms with Crippen LogP contribution in [0.4, 0.5) is 0 Å². The second kappa shape index (κ2) is 4.27. The van der Waals surface area contributed by atoms with Crippen LogP contribution in [0, 0.1) is 0 Å². The van der Waals surface area contributed by atoms with Gasteiger partial charge in [0.2, 0.25) is 0 Å². The van der Waals surface area contributed by atoms with Gasteiger partial charge in [0.15, 0.2) is 0 Å². The lowest BCUT2D eigenvalue weighted by Gasteiger charge is -2.02. The first kappa shape index (κ1) is 11.0. The van der Waals surface area contributed by atoms with Gasteiger partial charge < -0.3 is 10.3 Å². The Bertz CT molecular complexity index is 669. The molecule has 0 aliphatic rings. The third kappa shape index (κ3) is 1.69. The number of hydrogen-bond donors (Lipinski definition) is 1. The Labute approximate surface area is 106 Å². The van der Waals surface area contributed by atoms with Crippen molar-refractivity contribution in [2.24, 2.45) is 5.73 Å². The fourth-order valence-electron chi connectivity index (χ4n) is 2.25. The Morgan fingerprint density at radius 2 is 1.89 bits per heavy atom. The highest BCUT2D eigenvalue weighted by molar-refractivity contribution is 5.85. The summed E-state index contributed by atoms with van der Waals surface area (Å²) < 4.78 is 2.09. The molecule has 0 bridgehead atoms. The molecule has 18 heavy (non-hydrogen) atoms. The van der Waals surface area contributed by atoms with Gasteiger partial charge in [-0.3, -0.25) is 0 Å². The van der Waals surface area contributed by atoms with Crippen molar-refractivity contribution in [1.82, 2.24) is 9.55 Å². The lowest BCUT2D eigenvalue weighted by Crippen LogP contribution is -2.04. The molecule has 0 saturated heterocycles. The molecule has 0 aliphatic heterocycles. The number of fused-ring (bicyclic) bond motifs is 1. The predicted octanol–water partition coefficient (Wildman–Crippen LogP) is 3.05. The molecule has 3 heteroatoms. The van der Waals surface area contributed by atoms with E-state index in [1.165, 1.54) is 5.39 Å². The topological polar surface area (TPSA) is 43.8 Å². The quantitative estimate of drug-likeness (QED) is 0.744. The van der Waals surface area contributed by atoms with Gasteiger partial charge in [0, 0.05) is 23.8 Å². The minimum atomic E-state index is 0.0138. The smallest absolute Gasteiger partial charge is 0.137 e. The molecule has 0 spiro atoms. The number of hydrogen-bond acceptors (Lipinski definition) is 2. The summed E-state index contributed by atoms with van der Waals surface area (Å²) in [4.78, 5) is 4.39. The highest BCUT2D eigenvalue weighted by Crippen LogP contribution is 2.27. The van der Waals surface area contributed by atoms with Crippen molar-refractivity contribution < 1.29 is 0 Å². The van der Waals surface area contributed by atoms with Crippen LogP contribution in [0.3, 0.4) is 0 Å². The lowest BCUT2D eigenvalue weighted by molar-refractivity contribution is 0.821. The Balaban J connectivity index is 2.31. The van der Waals surface area contributed by atoms with Crippen LogP contribution in [0.2, 0.25) is 0 Å². The Kier molecular flexibility index (Phi) is 2.61. The first-order chi connectivity index (χ1) is 8.77. The van der Waals surface area contributed by atoms with Crippen molar-refractivity contribution in [3.8, 4) is 5.82 Å². The average molecular weight is 237 g/mol. The Morgan fingerprint density at radius 3 is 2.61 bits per heavy atom. The summed E-state index contributed by atoms with van der Waals surface area (Å²) in [6, 6.07) is 14.2. The minimum absolute atomic E-state index is 0.0138. The first-order valence-corrected chi connectivity index (χ1v) is 6.04. The summed E-state index contributed by atoms with van der Waals surface area (Å²) in [5, 5.41) is 1.19. The summed E-state index contributed by atoms with van der Waals surface area (Å²) in [6.07, 6.45) is 3.88. The van der Waals surface area contributed by atoms with Crippen LogP contribution in [-0.4, -0.2) is 9.55 Å². The van der Waals surface area contributed by atoms with E-state index in [0.29, 0.717) is 0 Å². The molecule has 2 N–H and O–H groups in total. The molecule has 2 heterocycles. The number of nitrogens with two attached hydrogens (primary N) is 1. The summed E-state index contributed by atoms with van der Waals surface area (Å²) in [6.45, 7) is 2.00. The van der Waals surface area contributed by atoms with E-state index in [-0.39, 0.29) is 6.04 Å². The summed E-state index contributed by atoms with van der Waals surface area (Å²) in [5.74, 6) is 0.917. The van der Waals surface area contributed by atoms with Gasteiger partial charge in [0.1, 0.15) is 5.82 Å². The van der Waals surface area contributed by atoms with Crippen LogP contribution in [0.25, 0.3) is 16.7 Å². The monoisotopic (exact) mass is 237 g/mol. The molecule has 90 valence electrons. The molecule has 3 rings (SSSR count). The maximum absolute atomic E-state index is 6.04. The van der Waals surface area contributed by atoms with E-state index in [2.05, 4.69) is 27.9 Å². The third-order valence-corrected chi connectivity index (χ3v) is 3.13. The van der Waals surface area contributed by atoms with Gasteiger partial charge >= 0.3 is 0 Å². The molecule has 1 aromatic carbocycles. The normalized spacial score (nSPS) is 12.8. The molecule has 0 fully saturated rings. The van der Waals surface area contributed by atoms with E-state index in [1.54, 1.807) is 6.20 Å². The van der Waals surface area contributed by atoms with Crippen LogP contribution in [-0.2, 0) is 0 Å². The van der Waals surface area contributed by atoms with Gasteiger partial charge in [-0.05, 0) is 30.7 Å². The van der Waals surface area contributed by atoms with Crippen LogP contribution >= 0.6 is 0 Å². The molecule has 3 aromatic rings. The van der Waals surface area contributed by atoms with E-state index in [4.69, 9.17) is 5.73 Å². The molecule has 2 aromatic heterocycles. The predicted molar refractivity (Wildman–Crippen MR) is 73.7 cm³/mol. The van der Waals surface area contributed by atoms with Gasteiger partial charge in [-0.15, -0.1) is 0 Å². The van der Waals surface area contributed by atoms with Crippen LogP contribution < -0.4 is 5.73 Å². The second-order valence-corrected chi connectivity index (χ2v) is 4.45. The SMILES string of the molecule is CC(N)c1cn(-c2ccccn2)c2ccccc12. The van der Waals surface area contributed by atoms with Crippen LogP contribution in [0.15, 0.2) is 54.9 Å². The standard InChI is InChI=1S/C15H15N3/c1-11(16)13-10-18(15-8-4-5-9-17-15)14-7-3-2-6-12(13)14/h2-11H,16H2,1H3. The zero-order valence-electron chi connectivity index (χ0n) is 10.2. The number of aromatic nitrogens is 2. The summed E-state index contributed by atoms with van der Waals surface area (Å²) in [7, 11) is 0. The first-order valence-electron chi connectivity index (χ1n) is 6.04. The van der Waals surface area contributed by atoms with Crippen molar-refractivity contribution in [2.45, 2.75) is 13.0 Å². The third-order valence-electron chi connectivity index (χ3n) is 3.13. The largest absolute Gasteiger partial charge is 0.324 e. The van der Waals surface area contributed by atoms with Gasteiger partial charge in [0.25, 0.3) is 0 Å². The van der Waals surface area contributed by atoms with E-state index in [9.17, 15) is 0 Å². The molecule has 0 saturated carbocycles. The van der Waals surface area contributed by atoms with Crippen molar-refractivity contribution in [3.63, 3.8) is 0 Å². The molecule has 3 nitrogen and oxygen atoms in total. The summed E-state index contributed by atoms with van der Waals surface area (Å²) >= 11 is 0. The highest BCUT2D eigenvalue weighted by atomic mass is 15.0. The van der Waals surface area contributed by atoms with Crippen LogP contribution in [0.1, 0.15) is 18.5 Å². The average Bonchev–Trinajstić information content (AvgIpc) is 2.79. The van der Waals surface area contributed by atoms with E-state index in [0.717, 1.165) is 16.9 Å². The van der Waals surface area contributed by atoms with Gasteiger partial charge in [-0.2, -0.15) is 0 Å². The van der Waals surface area contributed by atoms with E-state index < -0.39 is 0 Å². The zero-order valence-corrected chi connectivity index (χ0v) is 10.2. The van der Waals surface area contributed by atoms with Gasteiger partial charge in [-0.25, -0.2) is 4.98 Å². The Hall–Kier alpha value is -2.13. The molecule has 1 unspecified atom stereocenters. The van der Waals surface area contributed by atoms with Crippen molar-refractivity contribution in [2.75, 3.05) is 0 Å². The summed E-state index contributed by atoms with van der Waals surface area (Å²) in [5.41, 5.74) is 8.33. The van der Waals surface area contributed by atoms with Crippen molar-refractivity contribution >= 4 is 10.9 Å². The molecular weight excluding hydrogens is 222 g/mol. The van der Waals surface area contributed by atoms with Gasteiger partial charge in [0.05, 0.1) is 5.52 Å². The molecular formula is C15H15N3. The maximum atomic E-state index is 6.04. The number of para-hydroxylation sites is 1. The fraction of sp³-hybridized carbons (Fsp3) is 0.133. The number of benzene rings is 1. The van der Waals surface area contributed by atoms with Crippen molar-refractivity contribution in [3.05, 3.63) is 60.4 Å². The van der Waals surface area contributed by atoms with E-state index >= 15 is 0 Å². The molecule has 0 amide bonds. The number of pyridine rings is 1. The zero-order chi connectivity index (χ0) is 12.5. The molecule has 0 aliphatic carbocycles. The maximum Gasteiger partial charge on any atom is 0.137 e. The van der Waals surface area contributed by atoms with Gasteiger partial charge in [-0.1, -0.05) is 24.3 Å². The van der Waals surface area contributed by atoms with E-state index in [1.807, 2.05) is 37.3 Å². The van der Waals surface area contributed by atoms with Crippen molar-refractivity contribution in [1.29, 1.82) is 0 Å². The Morgan fingerprint density at radius 1 is 1.11 bits per heavy atom. The minimum Gasteiger partial charge on any atom is -0.324 e.